The molecule has 27 heteroatoms. The SMILES string of the molecule is O=S(=O)([N-]S(=O)(=O)C(F)(F)F)C(F)(F)F.O=S(=O)([N-]S(=O)(=O)C(F)(F)F)C(F)(F)F.[Cd+2]. The third-order valence-corrected chi connectivity index (χ3v) is 7.04. The van der Waals surface area contributed by atoms with Crippen molar-refractivity contribution in [3.8, 4) is 0 Å². The molecule has 0 rings (SSSR count). The van der Waals surface area contributed by atoms with Crippen LogP contribution in [0, 0.1) is 0 Å². The van der Waals surface area contributed by atoms with Gasteiger partial charge in [0.05, 0.1) is 0 Å². The fraction of sp³-hybridized carbons (Fsp3) is 1.00. The molecule has 0 aromatic carbocycles. The summed E-state index contributed by atoms with van der Waals surface area (Å²) in [6, 6.07) is 0. The van der Waals surface area contributed by atoms with Crippen LogP contribution < -0.4 is 0 Å². The van der Waals surface area contributed by atoms with Gasteiger partial charge < -0.3 is 8.25 Å². The smallest absolute Gasteiger partial charge is 0.421 e. The van der Waals surface area contributed by atoms with Gasteiger partial charge >= 0.3 is 49.3 Å². The van der Waals surface area contributed by atoms with Crippen molar-refractivity contribution in [1.82, 2.24) is 0 Å². The maximum atomic E-state index is 11.4. The van der Waals surface area contributed by atoms with Crippen LogP contribution in [0.3, 0.4) is 0 Å². The van der Waals surface area contributed by atoms with Crippen LogP contribution in [0.5, 0.6) is 0 Å². The molecule has 0 aromatic rings. The molecular weight excluding hydrogens is 673 g/mol. The molecule has 0 aliphatic rings. The molecule has 0 saturated carbocycles. The number of sulfonamides is 4. The average molecular weight is 673 g/mol. The Labute approximate surface area is 183 Å². The molecule has 0 amide bonds. The van der Waals surface area contributed by atoms with Gasteiger partial charge in [-0.3, -0.25) is 0 Å². The molecule has 0 unspecified atom stereocenters. The van der Waals surface area contributed by atoms with E-state index in [4.69, 9.17) is 0 Å². The fourth-order valence-electron chi connectivity index (χ4n) is 0.427. The monoisotopic (exact) mass is 674 g/mol. The molecule has 0 fully saturated rings. The van der Waals surface area contributed by atoms with Crippen molar-refractivity contribution in [3.05, 3.63) is 8.25 Å². The van der Waals surface area contributed by atoms with Crippen molar-refractivity contribution in [2.45, 2.75) is 22.0 Å². The third kappa shape index (κ3) is 10.1. The fourth-order valence-corrected chi connectivity index (χ4v) is 3.85. The summed E-state index contributed by atoms with van der Waals surface area (Å²) in [6.45, 7) is 0. The van der Waals surface area contributed by atoms with Crippen LogP contribution in [-0.4, -0.2) is 55.7 Å². The molecule has 0 aromatic heterocycles. The van der Waals surface area contributed by atoms with Gasteiger partial charge in [0.2, 0.25) is 0 Å². The second kappa shape index (κ2) is 9.97. The second-order valence-electron chi connectivity index (χ2n) is 3.83. The molecule has 0 radical (unpaired) electrons. The molecule has 0 N–H and O–H groups in total. The Morgan fingerprint density at radius 2 is 0.452 bits per heavy atom. The Morgan fingerprint density at radius 1 is 0.355 bits per heavy atom. The Morgan fingerprint density at radius 3 is 0.516 bits per heavy atom. The summed E-state index contributed by atoms with van der Waals surface area (Å²) in [7, 11) is -26.9. The number of nitrogens with zero attached hydrogens (tertiary/aromatic N) is 2. The zero-order valence-electron chi connectivity index (χ0n) is 13.0. The molecule has 0 aliphatic heterocycles. The van der Waals surface area contributed by atoms with E-state index in [1.807, 2.05) is 0 Å². The van der Waals surface area contributed by atoms with E-state index in [1.54, 1.807) is 0 Å². The van der Waals surface area contributed by atoms with Crippen LogP contribution in [0.4, 0.5) is 52.7 Å². The molecule has 31 heavy (non-hydrogen) atoms. The third-order valence-electron chi connectivity index (χ3n) is 1.56. The average Bonchev–Trinajstić information content (AvgIpc) is 2.30. The first kappa shape index (κ1) is 35.4. The van der Waals surface area contributed by atoms with E-state index in [0.29, 0.717) is 0 Å². The van der Waals surface area contributed by atoms with E-state index >= 15 is 0 Å². The van der Waals surface area contributed by atoms with Crippen LogP contribution in [-0.2, 0) is 67.4 Å². The van der Waals surface area contributed by atoms with Gasteiger partial charge in [0.15, 0.2) is 40.1 Å². The van der Waals surface area contributed by atoms with Gasteiger partial charge in [0, 0.05) is 0 Å². The summed E-state index contributed by atoms with van der Waals surface area (Å²) in [4.78, 5) is 0. The van der Waals surface area contributed by atoms with E-state index in [1.165, 1.54) is 0 Å². The van der Waals surface area contributed by atoms with Gasteiger partial charge in [-0.2, -0.15) is 52.7 Å². The number of halogens is 12. The van der Waals surface area contributed by atoms with Crippen molar-refractivity contribution in [2.24, 2.45) is 0 Å². The van der Waals surface area contributed by atoms with E-state index in [-0.39, 0.29) is 27.3 Å². The zero-order chi connectivity index (χ0) is 25.4. The zero-order valence-corrected chi connectivity index (χ0v) is 20.3. The summed E-state index contributed by atoms with van der Waals surface area (Å²) in [6.07, 6.45) is 0. The summed E-state index contributed by atoms with van der Waals surface area (Å²) in [5, 5.41) is 0. The summed E-state index contributed by atoms with van der Waals surface area (Å²) >= 11 is 0. The molecule has 0 spiro atoms. The van der Waals surface area contributed by atoms with Crippen LogP contribution in [0.25, 0.3) is 8.25 Å². The number of alkyl halides is 12. The van der Waals surface area contributed by atoms with Crippen molar-refractivity contribution in [3.63, 3.8) is 0 Å². The summed E-state index contributed by atoms with van der Waals surface area (Å²) < 4.78 is 218. The Bertz CT molecular complexity index is 862. The molecule has 184 valence electrons. The second-order valence-corrected chi connectivity index (χ2v) is 10.7. The van der Waals surface area contributed by atoms with Crippen molar-refractivity contribution in [2.75, 3.05) is 0 Å². The van der Waals surface area contributed by atoms with E-state index in [2.05, 4.69) is 0 Å². The van der Waals surface area contributed by atoms with Gasteiger partial charge in [-0.05, 0) is 0 Å². The van der Waals surface area contributed by atoms with Crippen molar-refractivity contribution >= 4 is 40.1 Å². The minimum atomic E-state index is -6.72. The number of hydrogen-bond acceptors (Lipinski definition) is 8. The predicted octanol–water partition coefficient (Wildman–Crippen LogP) is 2.12. The van der Waals surface area contributed by atoms with Crippen LogP contribution in [0.2, 0.25) is 0 Å². The molecule has 0 saturated heterocycles. The Hall–Kier alpha value is -0.198. The largest absolute Gasteiger partial charge is 2.00 e. The van der Waals surface area contributed by atoms with Crippen LogP contribution in [0.1, 0.15) is 0 Å². The summed E-state index contributed by atoms with van der Waals surface area (Å²) in [5.41, 5.74) is -24.8. The van der Waals surface area contributed by atoms with Crippen LogP contribution in [0.15, 0.2) is 0 Å². The minimum Gasteiger partial charge on any atom is -0.421 e. The number of hydrogen-bond donors (Lipinski definition) is 0. The molecule has 0 bridgehead atoms. The van der Waals surface area contributed by atoms with Gasteiger partial charge in [0.1, 0.15) is 0 Å². The quantitative estimate of drug-likeness (QED) is 0.324. The Kier molecular flexibility index (Phi) is 11.4. The maximum absolute atomic E-state index is 11.4. The molecule has 0 aliphatic carbocycles. The molecule has 0 atom stereocenters. The topological polar surface area (TPSA) is 165 Å². The van der Waals surface area contributed by atoms with Gasteiger partial charge in [-0.15, -0.1) is 0 Å². The Balaban J connectivity index is -0.000000490. The van der Waals surface area contributed by atoms with Gasteiger partial charge in [-0.1, -0.05) is 0 Å². The first-order chi connectivity index (χ1) is 12.4. The predicted molar refractivity (Wildman–Crippen MR) is 66.6 cm³/mol. The van der Waals surface area contributed by atoms with E-state index < -0.39 is 62.1 Å². The van der Waals surface area contributed by atoms with Crippen molar-refractivity contribution < 1.29 is 114 Å². The first-order valence-corrected chi connectivity index (χ1v) is 10.9. The van der Waals surface area contributed by atoms with Crippen molar-refractivity contribution in [1.29, 1.82) is 0 Å². The summed E-state index contributed by atoms with van der Waals surface area (Å²) in [5.74, 6) is 0. The number of rotatable bonds is 4. The maximum Gasteiger partial charge on any atom is 2.00 e. The minimum absolute atomic E-state index is 0. The first-order valence-electron chi connectivity index (χ1n) is 5.15. The van der Waals surface area contributed by atoms with Gasteiger partial charge in [-0.25, -0.2) is 33.7 Å². The molecule has 10 nitrogen and oxygen atoms in total. The van der Waals surface area contributed by atoms with Crippen LogP contribution >= 0.6 is 0 Å². The normalized spacial score (nSPS) is 14.8. The molecule has 0 heterocycles. The van der Waals surface area contributed by atoms with E-state index in [9.17, 15) is 86.4 Å². The molecular formula is C4CdF12N2O8S4. The van der Waals surface area contributed by atoms with Gasteiger partial charge in [0.25, 0.3) is 0 Å². The standard InChI is InChI=1S/2C2F6NO4S2.Cd/c2*3-1(4,5)14(10,11)9-15(12,13)2(6,7)8;/q2*-1;+2. The van der Waals surface area contributed by atoms with E-state index in [0.717, 1.165) is 8.25 Å².